The number of methoxy groups -OCH3 is 1. The van der Waals surface area contributed by atoms with Crippen LogP contribution in [0.2, 0.25) is 0 Å². The van der Waals surface area contributed by atoms with Gasteiger partial charge in [0.1, 0.15) is 12.0 Å². The van der Waals surface area contributed by atoms with Crippen molar-refractivity contribution in [2.45, 2.75) is 37.8 Å². The zero-order valence-electron chi connectivity index (χ0n) is 15.1. The molecule has 0 spiro atoms. The number of hydrogen-bond acceptors (Lipinski definition) is 6. The predicted molar refractivity (Wildman–Crippen MR) is 102 cm³/mol. The molecule has 8 heteroatoms. The van der Waals surface area contributed by atoms with Crippen LogP contribution in [-0.2, 0) is 4.74 Å². The van der Waals surface area contributed by atoms with Crippen LogP contribution in [0, 0.1) is 0 Å². The van der Waals surface area contributed by atoms with Gasteiger partial charge >= 0.3 is 0 Å². The molecule has 140 valence electrons. The summed E-state index contributed by atoms with van der Waals surface area (Å²) in [7, 11) is 1.73. The third-order valence-electron chi connectivity index (χ3n) is 5.04. The van der Waals surface area contributed by atoms with Gasteiger partial charge in [0.2, 0.25) is 5.95 Å². The summed E-state index contributed by atoms with van der Waals surface area (Å²) >= 11 is 0. The van der Waals surface area contributed by atoms with Gasteiger partial charge in [0.25, 0.3) is 5.91 Å². The van der Waals surface area contributed by atoms with E-state index in [0.717, 1.165) is 25.7 Å². The molecule has 2 heterocycles. The first-order chi connectivity index (χ1) is 13.2. The first-order valence-electron chi connectivity index (χ1n) is 9.04. The minimum atomic E-state index is -0.213. The number of nitrogen functional groups attached to an aromatic ring is 1. The molecule has 0 radical (unpaired) electrons. The quantitative estimate of drug-likeness (QED) is 0.685. The first kappa shape index (κ1) is 17.4. The van der Waals surface area contributed by atoms with Crippen molar-refractivity contribution in [2.24, 2.45) is 0 Å². The molecule has 0 unspecified atom stereocenters. The Morgan fingerprint density at radius 1 is 1.26 bits per heavy atom. The molecule has 1 amide bonds. The van der Waals surface area contributed by atoms with Gasteiger partial charge in [0.05, 0.1) is 17.3 Å². The maximum absolute atomic E-state index is 13.0. The van der Waals surface area contributed by atoms with E-state index in [-0.39, 0.29) is 18.1 Å². The number of amides is 1. The number of fused-ring (bicyclic) bond motifs is 1. The largest absolute Gasteiger partial charge is 0.397 e. The van der Waals surface area contributed by atoms with E-state index >= 15 is 0 Å². The van der Waals surface area contributed by atoms with Gasteiger partial charge in [-0.15, -0.1) is 0 Å². The lowest BCUT2D eigenvalue weighted by Crippen LogP contribution is -2.39. The van der Waals surface area contributed by atoms with E-state index in [0.29, 0.717) is 28.2 Å². The Labute approximate surface area is 156 Å². The topological polar surface area (TPSA) is 108 Å². The molecular weight excluding hydrogens is 344 g/mol. The number of carbonyl (C=O) groups is 1. The van der Waals surface area contributed by atoms with E-state index in [1.54, 1.807) is 42.5 Å². The minimum absolute atomic E-state index is 0.117. The molecule has 1 saturated carbocycles. The van der Waals surface area contributed by atoms with Crippen molar-refractivity contribution in [1.82, 2.24) is 24.8 Å². The number of benzene rings is 1. The van der Waals surface area contributed by atoms with Crippen molar-refractivity contribution in [3.63, 3.8) is 0 Å². The second kappa shape index (κ2) is 7.32. The summed E-state index contributed by atoms with van der Waals surface area (Å²) in [5, 5.41) is 3.75. The number of nitrogens with two attached hydrogens (primary N) is 1. The van der Waals surface area contributed by atoms with Gasteiger partial charge in [-0.05, 0) is 31.7 Å². The summed E-state index contributed by atoms with van der Waals surface area (Å²) in [6, 6.07) is 5.51. The predicted octanol–water partition coefficient (Wildman–Crippen LogP) is 2.09. The van der Waals surface area contributed by atoms with Crippen molar-refractivity contribution < 1.29 is 9.53 Å². The molecule has 1 aliphatic carbocycles. The molecule has 0 bridgehead atoms. The summed E-state index contributed by atoms with van der Waals surface area (Å²) in [5.41, 5.74) is 7.49. The average Bonchev–Trinajstić information content (AvgIpc) is 3.23. The lowest BCUT2D eigenvalue weighted by molar-refractivity contribution is 0.0598. The molecule has 8 nitrogen and oxygen atoms in total. The molecule has 1 fully saturated rings. The van der Waals surface area contributed by atoms with Crippen molar-refractivity contribution in [1.29, 1.82) is 0 Å². The van der Waals surface area contributed by atoms with Crippen LogP contribution in [0.1, 0.15) is 36.2 Å². The van der Waals surface area contributed by atoms with Crippen molar-refractivity contribution >= 4 is 22.5 Å². The maximum Gasteiger partial charge on any atom is 0.270 e. The van der Waals surface area contributed by atoms with Crippen molar-refractivity contribution in [3.8, 4) is 5.95 Å². The lowest BCUT2D eigenvalue weighted by atomic mass is 9.93. The van der Waals surface area contributed by atoms with Gasteiger partial charge in [-0.25, -0.2) is 15.0 Å². The molecule has 2 aromatic heterocycles. The number of imidazole rings is 1. The highest BCUT2D eigenvalue weighted by Gasteiger charge is 2.24. The van der Waals surface area contributed by atoms with Crippen molar-refractivity contribution in [2.75, 3.05) is 12.8 Å². The Morgan fingerprint density at radius 2 is 2.07 bits per heavy atom. The number of hydrogen-bond donors (Lipinski definition) is 2. The SMILES string of the molecule is COC1CCC(NC(=O)c2nc(-n3ccnc3)nc3c(N)cccc23)CC1. The van der Waals surface area contributed by atoms with Gasteiger partial charge in [-0.3, -0.25) is 9.36 Å². The third kappa shape index (κ3) is 3.48. The van der Waals surface area contributed by atoms with E-state index in [4.69, 9.17) is 10.5 Å². The number of nitrogens with zero attached hydrogens (tertiary/aromatic N) is 4. The Kier molecular flexibility index (Phi) is 4.72. The molecule has 0 atom stereocenters. The fourth-order valence-corrected chi connectivity index (χ4v) is 3.53. The highest BCUT2D eigenvalue weighted by atomic mass is 16.5. The Balaban J connectivity index is 1.67. The third-order valence-corrected chi connectivity index (χ3v) is 5.04. The minimum Gasteiger partial charge on any atom is -0.397 e. The molecule has 0 saturated heterocycles. The Bertz CT molecular complexity index is 948. The summed E-state index contributed by atoms with van der Waals surface area (Å²) < 4.78 is 7.06. The highest BCUT2D eigenvalue weighted by Crippen LogP contribution is 2.24. The van der Waals surface area contributed by atoms with Crippen LogP contribution in [0.4, 0.5) is 5.69 Å². The molecule has 0 aliphatic heterocycles. The smallest absolute Gasteiger partial charge is 0.270 e. The average molecular weight is 366 g/mol. The first-order valence-corrected chi connectivity index (χ1v) is 9.04. The van der Waals surface area contributed by atoms with Gasteiger partial charge in [-0.2, -0.15) is 0 Å². The summed E-state index contributed by atoms with van der Waals surface area (Å²) in [5.74, 6) is 0.154. The van der Waals surface area contributed by atoms with E-state index in [1.165, 1.54) is 0 Å². The second-order valence-electron chi connectivity index (χ2n) is 6.77. The van der Waals surface area contributed by atoms with Crippen LogP contribution in [-0.4, -0.2) is 44.7 Å². The number of aromatic nitrogens is 4. The molecule has 27 heavy (non-hydrogen) atoms. The van der Waals surface area contributed by atoms with Gasteiger partial charge in [0, 0.05) is 30.9 Å². The zero-order valence-corrected chi connectivity index (χ0v) is 15.1. The normalized spacial score (nSPS) is 19.9. The van der Waals surface area contributed by atoms with Crippen LogP contribution in [0.5, 0.6) is 0 Å². The Hall–Kier alpha value is -3.00. The number of anilines is 1. The lowest BCUT2D eigenvalue weighted by Gasteiger charge is -2.28. The highest BCUT2D eigenvalue weighted by molar-refractivity contribution is 6.07. The van der Waals surface area contributed by atoms with Gasteiger partial charge in [0.15, 0.2) is 0 Å². The number of ether oxygens (including phenoxy) is 1. The van der Waals surface area contributed by atoms with Crippen LogP contribution >= 0.6 is 0 Å². The van der Waals surface area contributed by atoms with E-state index in [2.05, 4.69) is 20.3 Å². The monoisotopic (exact) mass is 366 g/mol. The molecule has 3 N–H and O–H groups in total. The van der Waals surface area contributed by atoms with E-state index in [1.807, 2.05) is 6.07 Å². The van der Waals surface area contributed by atoms with Crippen LogP contribution < -0.4 is 11.1 Å². The van der Waals surface area contributed by atoms with Crippen molar-refractivity contribution in [3.05, 3.63) is 42.6 Å². The van der Waals surface area contributed by atoms with E-state index in [9.17, 15) is 4.79 Å². The molecule has 1 aliphatic rings. The second-order valence-corrected chi connectivity index (χ2v) is 6.77. The summed E-state index contributed by atoms with van der Waals surface area (Å²) in [4.78, 5) is 26.1. The molecular formula is C19H22N6O2. The van der Waals surface area contributed by atoms with Gasteiger partial charge in [-0.1, -0.05) is 12.1 Å². The molecule has 1 aromatic carbocycles. The fourth-order valence-electron chi connectivity index (χ4n) is 3.53. The molecule has 3 aromatic rings. The van der Waals surface area contributed by atoms with E-state index < -0.39 is 0 Å². The fraction of sp³-hybridized carbons (Fsp3) is 0.368. The van der Waals surface area contributed by atoms with Crippen LogP contribution in [0.15, 0.2) is 36.9 Å². The zero-order chi connectivity index (χ0) is 18.8. The summed E-state index contributed by atoms with van der Waals surface area (Å²) in [6.07, 6.45) is 8.91. The van der Waals surface area contributed by atoms with Crippen LogP contribution in [0.3, 0.4) is 0 Å². The number of nitrogens with one attached hydrogen (secondary N) is 1. The maximum atomic E-state index is 13.0. The summed E-state index contributed by atoms with van der Waals surface area (Å²) in [6.45, 7) is 0. The molecule has 4 rings (SSSR count). The van der Waals surface area contributed by atoms with Gasteiger partial charge < -0.3 is 15.8 Å². The standard InChI is InChI=1S/C19H22N6O2/c1-27-13-7-5-12(6-8-13)22-18(26)17-14-3-2-4-15(20)16(14)23-19(24-17)25-10-9-21-11-25/h2-4,9-13H,5-8,20H2,1H3,(H,22,26). The number of rotatable bonds is 4. The van der Waals surface area contributed by atoms with Crippen LogP contribution in [0.25, 0.3) is 16.9 Å². The number of para-hydroxylation sites is 1. The Morgan fingerprint density at radius 3 is 2.78 bits per heavy atom. The number of carbonyl (C=O) groups excluding carboxylic acids is 1.